The van der Waals surface area contributed by atoms with Crippen molar-refractivity contribution in [2.24, 2.45) is 0 Å². The van der Waals surface area contributed by atoms with Gasteiger partial charge in [0.25, 0.3) is 5.56 Å². The molecule has 0 unspecified atom stereocenters. The van der Waals surface area contributed by atoms with Crippen LogP contribution in [-0.2, 0) is 0 Å². The highest BCUT2D eigenvalue weighted by atomic mass is 79.9. The van der Waals surface area contributed by atoms with Crippen molar-refractivity contribution in [2.45, 2.75) is 13.8 Å². The van der Waals surface area contributed by atoms with E-state index >= 15 is 0 Å². The average molecular weight is 285 g/mol. The summed E-state index contributed by atoms with van der Waals surface area (Å²) in [5.74, 6) is 0.638. The first-order valence-corrected chi connectivity index (χ1v) is 6.02. The van der Waals surface area contributed by atoms with E-state index in [1.54, 1.807) is 18.3 Å². The number of aryl methyl sites for hydroxylation is 1. The zero-order valence-corrected chi connectivity index (χ0v) is 10.7. The fourth-order valence-corrected chi connectivity index (χ4v) is 2.53. The van der Waals surface area contributed by atoms with E-state index in [1.165, 1.54) is 0 Å². The molecule has 78 valence electrons. The Kier molecular flexibility index (Phi) is 2.75. The summed E-state index contributed by atoms with van der Waals surface area (Å²) in [7, 11) is 0. The Balaban J connectivity index is 2.60. The Morgan fingerprint density at radius 2 is 2.13 bits per heavy atom. The van der Waals surface area contributed by atoms with Crippen LogP contribution in [0, 0.1) is 13.8 Å². The summed E-state index contributed by atoms with van der Waals surface area (Å²) in [6.45, 7) is 3.62. The van der Waals surface area contributed by atoms with E-state index in [2.05, 4.69) is 25.9 Å². The molecule has 15 heavy (non-hydrogen) atoms. The summed E-state index contributed by atoms with van der Waals surface area (Å²) < 4.78 is 1.03. The SMILES string of the molecule is Cc1nc(-c2ccc(Br)s2)[nH]c(=O)c1C. The Labute approximate surface area is 99.3 Å². The van der Waals surface area contributed by atoms with Crippen LogP contribution in [0.3, 0.4) is 0 Å². The first kappa shape index (κ1) is 10.6. The largest absolute Gasteiger partial charge is 0.306 e. The summed E-state index contributed by atoms with van der Waals surface area (Å²) in [4.78, 5) is 19.6. The molecule has 0 radical (unpaired) electrons. The van der Waals surface area contributed by atoms with Crippen molar-refractivity contribution in [3.63, 3.8) is 0 Å². The molecule has 2 heterocycles. The zero-order chi connectivity index (χ0) is 11.0. The number of nitrogens with one attached hydrogen (secondary N) is 1. The predicted octanol–water partition coefficient (Wildman–Crippen LogP) is 2.88. The topological polar surface area (TPSA) is 45.8 Å². The van der Waals surface area contributed by atoms with Gasteiger partial charge in [0.15, 0.2) is 5.82 Å². The molecule has 2 aromatic heterocycles. The lowest BCUT2D eigenvalue weighted by Crippen LogP contribution is -2.13. The molecule has 2 aromatic rings. The predicted molar refractivity (Wildman–Crippen MR) is 65.3 cm³/mol. The first-order valence-electron chi connectivity index (χ1n) is 4.41. The summed E-state index contributed by atoms with van der Waals surface area (Å²) in [6, 6.07) is 3.87. The highest BCUT2D eigenvalue weighted by Crippen LogP contribution is 2.28. The summed E-state index contributed by atoms with van der Waals surface area (Å²) in [5.41, 5.74) is 1.38. The number of aromatic nitrogens is 2. The molecule has 0 fully saturated rings. The van der Waals surface area contributed by atoms with E-state index < -0.39 is 0 Å². The van der Waals surface area contributed by atoms with Gasteiger partial charge < -0.3 is 4.98 Å². The summed E-state index contributed by atoms with van der Waals surface area (Å²) in [6.07, 6.45) is 0. The fraction of sp³-hybridized carbons (Fsp3) is 0.200. The molecule has 0 spiro atoms. The van der Waals surface area contributed by atoms with Gasteiger partial charge in [-0.1, -0.05) is 0 Å². The molecule has 0 aromatic carbocycles. The lowest BCUT2D eigenvalue weighted by Gasteiger charge is -2.01. The van der Waals surface area contributed by atoms with Gasteiger partial charge in [0.2, 0.25) is 0 Å². The molecule has 1 N–H and O–H groups in total. The normalized spacial score (nSPS) is 10.6. The smallest absolute Gasteiger partial charge is 0.254 e. The van der Waals surface area contributed by atoms with Gasteiger partial charge in [-0.15, -0.1) is 11.3 Å². The van der Waals surface area contributed by atoms with Crippen molar-refractivity contribution in [2.75, 3.05) is 0 Å². The minimum atomic E-state index is -0.0676. The fourth-order valence-electron chi connectivity index (χ4n) is 1.20. The van der Waals surface area contributed by atoms with E-state index in [4.69, 9.17) is 0 Å². The molecule has 0 saturated heterocycles. The number of hydrogen-bond donors (Lipinski definition) is 1. The summed E-state index contributed by atoms with van der Waals surface area (Å²) in [5, 5.41) is 0. The van der Waals surface area contributed by atoms with E-state index in [9.17, 15) is 4.79 Å². The molecular formula is C10H9BrN2OS. The molecule has 3 nitrogen and oxygen atoms in total. The Morgan fingerprint density at radius 3 is 2.67 bits per heavy atom. The summed E-state index contributed by atoms with van der Waals surface area (Å²) >= 11 is 4.93. The molecule has 2 rings (SSSR count). The number of rotatable bonds is 1. The van der Waals surface area contributed by atoms with Gasteiger partial charge in [-0.2, -0.15) is 0 Å². The third-order valence-corrected chi connectivity index (χ3v) is 3.83. The first-order chi connectivity index (χ1) is 7.08. The van der Waals surface area contributed by atoms with Gasteiger partial charge in [-0.05, 0) is 41.9 Å². The van der Waals surface area contributed by atoms with E-state index in [-0.39, 0.29) is 5.56 Å². The number of thiophene rings is 1. The van der Waals surface area contributed by atoms with Crippen molar-refractivity contribution in [3.05, 3.63) is 37.5 Å². The highest BCUT2D eigenvalue weighted by Gasteiger charge is 2.07. The van der Waals surface area contributed by atoms with Gasteiger partial charge in [0.1, 0.15) is 0 Å². The Hall–Kier alpha value is -0.940. The number of nitrogens with zero attached hydrogens (tertiary/aromatic N) is 1. The molecule has 0 bridgehead atoms. The molecule has 0 amide bonds. The molecule has 0 aliphatic heterocycles. The van der Waals surface area contributed by atoms with Gasteiger partial charge >= 0.3 is 0 Å². The average Bonchev–Trinajstić information content (AvgIpc) is 2.60. The second-order valence-electron chi connectivity index (χ2n) is 3.23. The van der Waals surface area contributed by atoms with Crippen molar-refractivity contribution >= 4 is 27.3 Å². The molecule has 0 aliphatic rings. The molecule has 0 atom stereocenters. The van der Waals surface area contributed by atoms with Gasteiger partial charge in [0.05, 0.1) is 8.66 Å². The number of hydrogen-bond acceptors (Lipinski definition) is 3. The van der Waals surface area contributed by atoms with Crippen LogP contribution in [0.4, 0.5) is 0 Å². The van der Waals surface area contributed by atoms with Crippen LogP contribution in [-0.4, -0.2) is 9.97 Å². The Bertz CT molecular complexity index is 559. The van der Waals surface area contributed by atoms with Crippen LogP contribution >= 0.6 is 27.3 Å². The van der Waals surface area contributed by atoms with Gasteiger partial charge in [-0.25, -0.2) is 4.98 Å². The van der Waals surface area contributed by atoms with Crippen molar-refractivity contribution in [1.82, 2.24) is 9.97 Å². The molecule has 0 saturated carbocycles. The maximum atomic E-state index is 11.5. The van der Waals surface area contributed by atoms with Crippen LogP contribution in [0.2, 0.25) is 0 Å². The highest BCUT2D eigenvalue weighted by molar-refractivity contribution is 9.11. The Morgan fingerprint density at radius 1 is 1.40 bits per heavy atom. The van der Waals surface area contributed by atoms with E-state index in [0.717, 1.165) is 14.4 Å². The zero-order valence-electron chi connectivity index (χ0n) is 8.30. The lowest BCUT2D eigenvalue weighted by molar-refractivity contribution is 1.04. The number of H-pyrrole nitrogens is 1. The lowest BCUT2D eigenvalue weighted by atomic mass is 10.2. The maximum absolute atomic E-state index is 11.5. The van der Waals surface area contributed by atoms with Crippen molar-refractivity contribution < 1.29 is 0 Å². The van der Waals surface area contributed by atoms with Crippen LogP contribution < -0.4 is 5.56 Å². The minimum Gasteiger partial charge on any atom is -0.306 e. The van der Waals surface area contributed by atoms with Crippen molar-refractivity contribution in [3.8, 4) is 10.7 Å². The van der Waals surface area contributed by atoms with Gasteiger partial charge in [-0.3, -0.25) is 4.79 Å². The number of halogens is 1. The van der Waals surface area contributed by atoms with E-state index in [0.29, 0.717) is 11.4 Å². The third kappa shape index (κ3) is 2.03. The van der Waals surface area contributed by atoms with Gasteiger partial charge in [0, 0.05) is 11.3 Å². The molecule has 0 aliphatic carbocycles. The van der Waals surface area contributed by atoms with Crippen LogP contribution in [0.1, 0.15) is 11.3 Å². The maximum Gasteiger partial charge on any atom is 0.254 e. The monoisotopic (exact) mass is 284 g/mol. The van der Waals surface area contributed by atoms with Crippen molar-refractivity contribution in [1.29, 1.82) is 0 Å². The van der Waals surface area contributed by atoms with Crippen LogP contribution in [0.25, 0.3) is 10.7 Å². The quantitative estimate of drug-likeness (QED) is 0.875. The standard InChI is InChI=1S/C10H9BrN2OS/c1-5-6(2)12-9(13-10(5)14)7-3-4-8(11)15-7/h3-4H,1-2H3,(H,12,13,14). The molecule has 5 heteroatoms. The third-order valence-electron chi connectivity index (χ3n) is 2.20. The minimum absolute atomic E-state index is 0.0676. The van der Waals surface area contributed by atoms with Crippen LogP contribution in [0.5, 0.6) is 0 Å². The second kappa shape index (κ2) is 3.90. The van der Waals surface area contributed by atoms with E-state index in [1.807, 2.05) is 19.1 Å². The van der Waals surface area contributed by atoms with Crippen LogP contribution in [0.15, 0.2) is 20.7 Å². The number of aromatic amines is 1. The second-order valence-corrected chi connectivity index (χ2v) is 5.69. The molecular weight excluding hydrogens is 276 g/mol.